The summed E-state index contributed by atoms with van der Waals surface area (Å²) in [7, 11) is 0. The van der Waals surface area contributed by atoms with Gasteiger partial charge in [-0.2, -0.15) is 0 Å². The van der Waals surface area contributed by atoms with Crippen molar-refractivity contribution in [1.82, 2.24) is 4.57 Å². The van der Waals surface area contributed by atoms with Crippen molar-refractivity contribution in [1.29, 1.82) is 0 Å². The summed E-state index contributed by atoms with van der Waals surface area (Å²) in [5.74, 6) is 2.74. The van der Waals surface area contributed by atoms with Crippen LogP contribution in [-0.4, -0.2) is 4.57 Å². The van der Waals surface area contributed by atoms with Gasteiger partial charge in [-0.25, -0.2) is 0 Å². The normalized spacial score (nSPS) is 23.8. The van der Waals surface area contributed by atoms with Crippen molar-refractivity contribution in [3.8, 4) is 0 Å². The highest BCUT2D eigenvalue weighted by Crippen LogP contribution is 2.43. The molecule has 1 aliphatic rings. The summed E-state index contributed by atoms with van der Waals surface area (Å²) in [5, 5.41) is 0.586. The van der Waals surface area contributed by atoms with E-state index in [0.29, 0.717) is 23.4 Å². The number of aromatic nitrogens is 1. The van der Waals surface area contributed by atoms with Crippen LogP contribution in [0, 0.1) is 23.8 Å². The van der Waals surface area contributed by atoms with Gasteiger partial charge in [-0.15, -0.1) is 0 Å². The number of pyridine rings is 1. The smallest absolute Gasteiger partial charge is 0.250 e. The Kier molecular flexibility index (Phi) is 5.68. The van der Waals surface area contributed by atoms with Crippen LogP contribution in [0.5, 0.6) is 0 Å². The minimum Gasteiger partial charge on any atom is -0.310 e. The van der Waals surface area contributed by atoms with E-state index in [1.54, 1.807) is 16.8 Å². The minimum atomic E-state index is -0.0230. The Morgan fingerprint density at radius 1 is 1.28 bits per heavy atom. The molecule has 1 aliphatic carbocycles. The predicted molar refractivity (Wildman–Crippen MR) is 104 cm³/mol. The predicted octanol–water partition coefficient (Wildman–Crippen LogP) is 5.53. The Hall–Kier alpha value is -1.54. The molecule has 0 amide bonds. The van der Waals surface area contributed by atoms with Gasteiger partial charge >= 0.3 is 0 Å². The van der Waals surface area contributed by atoms with E-state index in [4.69, 9.17) is 11.6 Å². The van der Waals surface area contributed by atoms with E-state index in [9.17, 15) is 4.79 Å². The number of hydrogen-bond acceptors (Lipinski definition) is 1. The number of halogens is 1. The van der Waals surface area contributed by atoms with Crippen molar-refractivity contribution in [3.05, 3.63) is 69.1 Å². The molecule has 2 nitrogen and oxygen atoms in total. The molecule has 1 radical (unpaired) electrons. The average molecular weight is 357 g/mol. The second kappa shape index (κ2) is 7.78. The van der Waals surface area contributed by atoms with Crippen LogP contribution >= 0.6 is 11.6 Å². The Bertz CT molecular complexity index is 780. The molecule has 0 saturated heterocycles. The Morgan fingerprint density at radius 2 is 2.08 bits per heavy atom. The van der Waals surface area contributed by atoms with Crippen molar-refractivity contribution in [2.24, 2.45) is 17.8 Å². The second-order valence-electron chi connectivity index (χ2n) is 7.90. The van der Waals surface area contributed by atoms with Gasteiger partial charge in [-0.05, 0) is 59.8 Å². The number of rotatable bonds is 4. The van der Waals surface area contributed by atoms with E-state index >= 15 is 0 Å². The molecule has 1 saturated carbocycles. The summed E-state index contributed by atoms with van der Waals surface area (Å²) in [4.78, 5) is 12.0. The molecule has 25 heavy (non-hydrogen) atoms. The van der Waals surface area contributed by atoms with Gasteiger partial charge in [0.05, 0.1) is 11.6 Å². The molecular weight excluding hydrogens is 330 g/mol. The third-order valence-corrected chi connectivity index (χ3v) is 5.83. The van der Waals surface area contributed by atoms with Crippen LogP contribution in [0.1, 0.15) is 57.1 Å². The summed E-state index contributed by atoms with van der Waals surface area (Å²) in [6, 6.07) is 12.9. The molecule has 0 spiro atoms. The van der Waals surface area contributed by atoms with Crippen LogP contribution in [0.3, 0.4) is 0 Å². The standard InChI is InChI=1S/C22H27ClNO/c1-15(2)20-9-7-16(3)11-21(20)18-6-4-5-17(12-18)13-24-14-19(23)8-10-22(24)25/h4-5,8,10,12,14-16,20-21H,7,9,11,13H2,1-3H3/t16-,20+,21+/m1/s1. The second-order valence-corrected chi connectivity index (χ2v) is 8.33. The fourth-order valence-corrected chi connectivity index (χ4v) is 4.41. The van der Waals surface area contributed by atoms with E-state index < -0.39 is 0 Å². The monoisotopic (exact) mass is 356 g/mol. The molecule has 3 rings (SSSR count). The van der Waals surface area contributed by atoms with Gasteiger partial charge in [0.1, 0.15) is 0 Å². The molecule has 1 aromatic heterocycles. The van der Waals surface area contributed by atoms with Gasteiger partial charge in [-0.3, -0.25) is 4.79 Å². The van der Waals surface area contributed by atoms with Gasteiger partial charge in [0.2, 0.25) is 0 Å². The van der Waals surface area contributed by atoms with Crippen molar-refractivity contribution < 1.29 is 0 Å². The van der Waals surface area contributed by atoms with Gasteiger partial charge in [0.15, 0.2) is 0 Å². The van der Waals surface area contributed by atoms with Crippen LogP contribution < -0.4 is 5.56 Å². The molecule has 3 heteroatoms. The first-order valence-electron chi connectivity index (χ1n) is 9.30. The molecule has 1 heterocycles. The van der Waals surface area contributed by atoms with Gasteiger partial charge in [0.25, 0.3) is 5.56 Å². The Morgan fingerprint density at radius 3 is 2.84 bits per heavy atom. The van der Waals surface area contributed by atoms with Crippen molar-refractivity contribution >= 4 is 11.6 Å². The zero-order valence-corrected chi connectivity index (χ0v) is 16.1. The highest BCUT2D eigenvalue weighted by atomic mass is 35.5. The van der Waals surface area contributed by atoms with Gasteiger partial charge < -0.3 is 4.57 Å². The maximum atomic E-state index is 12.0. The molecular formula is C22H27ClNO. The van der Waals surface area contributed by atoms with Crippen molar-refractivity contribution in [2.75, 3.05) is 0 Å². The van der Waals surface area contributed by atoms with Crippen molar-refractivity contribution in [3.63, 3.8) is 0 Å². The maximum absolute atomic E-state index is 12.0. The molecule has 3 atom stereocenters. The lowest BCUT2D eigenvalue weighted by Gasteiger charge is -2.37. The highest BCUT2D eigenvalue weighted by molar-refractivity contribution is 6.30. The summed E-state index contributed by atoms with van der Waals surface area (Å²) >= 11 is 6.04. The summed E-state index contributed by atoms with van der Waals surface area (Å²) in [6.07, 6.45) is 5.58. The minimum absolute atomic E-state index is 0.0230. The van der Waals surface area contributed by atoms with Crippen LogP contribution in [-0.2, 0) is 6.54 Å². The molecule has 1 fully saturated rings. The maximum Gasteiger partial charge on any atom is 0.250 e. The van der Waals surface area contributed by atoms with Crippen LogP contribution in [0.15, 0.2) is 41.3 Å². The van der Waals surface area contributed by atoms with Crippen LogP contribution in [0.4, 0.5) is 0 Å². The van der Waals surface area contributed by atoms with Gasteiger partial charge in [-0.1, -0.05) is 57.0 Å². The summed E-state index contributed by atoms with van der Waals surface area (Å²) in [5.41, 5.74) is 2.42. The number of hydrogen-bond donors (Lipinski definition) is 0. The van der Waals surface area contributed by atoms with E-state index in [-0.39, 0.29) is 5.56 Å². The van der Waals surface area contributed by atoms with E-state index in [2.05, 4.69) is 32.9 Å². The third kappa shape index (κ3) is 4.36. The summed E-state index contributed by atoms with van der Waals surface area (Å²) < 4.78 is 1.67. The molecule has 1 aromatic carbocycles. The summed E-state index contributed by atoms with van der Waals surface area (Å²) in [6.45, 7) is 7.58. The molecule has 133 valence electrons. The zero-order chi connectivity index (χ0) is 18.0. The van der Waals surface area contributed by atoms with E-state index in [0.717, 1.165) is 17.4 Å². The largest absolute Gasteiger partial charge is 0.310 e. The van der Waals surface area contributed by atoms with E-state index in [1.807, 2.05) is 12.1 Å². The quantitative estimate of drug-likeness (QED) is 0.706. The van der Waals surface area contributed by atoms with Crippen LogP contribution in [0.2, 0.25) is 5.02 Å². The lowest BCUT2D eigenvalue weighted by molar-refractivity contribution is 0.197. The first-order chi connectivity index (χ1) is 11.9. The average Bonchev–Trinajstić information content (AvgIpc) is 2.58. The molecule has 2 aromatic rings. The first-order valence-corrected chi connectivity index (χ1v) is 9.68. The molecule has 0 N–H and O–H groups in total. The molecule has 0 aliphatic heterocycles. The Balaban J connectivity index is 1.87. The number of nitrogens with zero attached hydrogens (tertiary/aromatic N) is 1. The lowest BCUT2D eigenvalue weighted by atomic mass is 9.67. The number of benzene rings is 1. The fourth-order valence-electron chi connectivity index (χ4n) is 4.23. The fraction of sp³-hybridized carbons (Fsp3) is 0.500. The third-order valence-electron chi connectivity index (χ3n) is 5.61. The highest BCUT2D eigenvalue weighted by Gasteiger charge is 2.31. The SMILES string of the molecule is CC(C)[C@@H]1CC[C@@H](C)C[C@H]1c1[c]ccc(Cn2cc(Cl)ccc2=O)c1. The molecule has 0 bridgehead atoms. The van der Waals surface area contributed by atoms with E-state index in [1.165, 1.54) is 30.9 Å². The van der Waals surface area contributed by atoms with Crippen LogP contribution in [0.25, 0.3) is 0 Å². The zero-order valence-electron chi connectivity index (χ0n) is 15.3. The van der Waals surface area contributed by atoms with Gasteiger partial charge in [0, 0.05) is 12.3 Å². The molecule has 0 unspecified atom stereocenters. The lowest BCUT2D eigenvalue weighted by Crippen LogP contribution is -2.26. The topological polar surface area (TPSA) is 22.0 Å². The Labute approximate surface area is 155 Å². The van der Waals surface area contributed by atoms with Crippen molar-refractivity contribution in [2.45, 2.75) is 52.5 Å². The first kappa shape index (κ1) is 18.3.